The van der Waals surface area contributed by atoms with Crippen molar-refractivity contribution in [2.75, 3.05) is 9.80 Å². The fourth-order valence-electron chi connectivity index (χ4n) is 8.86. The number of rotatable bonds is 6. The summed E-state index contributed by atoms with van der Waals surface area (Å²) in [5, 5.41) is 1.57. The zero-order valence-corrected chi connectivity index (χ0v) is 35.6. The number of aromatic nitrogens is 2. The fraction of sp³-hybridized carbons (Fsp3) is 0.192. The van der Waals surface area contributed by atoms with E-state index in [1.54, 1.807) is 67.3 Å². The molecule has 12 heteroatoms. The zero-order chi connectivity index (χ0) is 45.6. The number of nitrogens with zero attached hydrogens (tertiary/aromatic N) is 4. The number of benzene rings is 6. The summed E-state index contributed by atoms with van der Waals surface area (Å²) in [6.07, 6.45) is -7.17. The van der Waals surface area contributed by atoms with Crippen molar-refractivity contribution in [1.29, 1.82) is 0 Å². The highest BCUT2D eigenvalue weighted by Gasteiger charge is 2.43. The molecule has 0 N–H and O–H groups in total. The molecule has 6 nitrogen and oxygen atoms in total. The Labute approximate surface area is 365 Å². The van der Waals surface area contributed by atoms with Crippen LogP contribution in [0.5, 0.6) is 0 Å². The molecule has 2 aliphatic rings. The van der Waals surface area contributed by atoms with Crippen molar-refractivity contribution in [1.82, 2.24) is 9.97 Å². The molecule has 0 unspecified atom stereocenters. The Hall–Kier alpha value is -7.08. The lowest BCUT2D eigenvalue weighted by molar-refractivity contribution is -0.143. The monoisotopic (exact) mass is 866 g/mol. The van der Waals surface area contributed by atoms with Gasteiger partial charge in [-0.05, 0) is 119 Å². The average molecular weight is 867 g/mol. The molecule has 322 valence electrons. The molecule has 1 aliphatic carbocycles. The number of anilines is 4. The molecule has 6 aromatic carbocycles. The van der Waals surface area contributed by atoms with E-state index < -0.39 is 35.0 Å². The van der Waals surface area contributed by atoms with Gasteiger partial charge in [0.05, 0.1) is 39.1 Å². The van der Waals surface area contributed by atoms with Gasteiger partial charge in [-0.3, -0.25) is 19.4 Å². The van der Waals surface area contributed by atoms with Gasteiger partial charge in [-0.2, -0.15) is 26.3 Å². The van der Waals surface area contributed by atoms with Crippen LogP contribution in [0.3, 0.4) is 0 Å². The maximum atomic E-state index is 14.5. The molecule has 0 bridgehead atoms. The van der Waals surface area contributed by atoms with Crippen LogP contribution in [0.25, 0.3) is 32.9 Å². The highest BCUT2D eigenvalue weighted by atomic mass is 19.4. The van der Waals surface area contributed by atoms with Crippen LogP contribution < -0.4 is 9.80 Å². The first-order valence-electron chi connectivity index (χ1n) is 20.8. The third-order valence-corrected chi connectivity index (χ3v) is 11.8. The highest BCUT2D eigenvalue weighted by Crippen LogP contribution is 2.55. The maximum absolute atomic E-state index is 14.5. The van der Waals surface area contributed by atoms with E-state index in [0.717, 1.165) is 39.7 Å². The first-order valence-corrected chi connectivity index (χ1v) is 20.8. The van der Waals surface area contributed by atoms with Crippen LogP contribution in [0.2, 0.25) is 0 Å². The predicted molar refractivity (Wildman–Crippen MR) is 239 cm³/mol. The quantitative estimate of drug-likeness (QED) is 0.0942. The molecule has 9 rings (SSSR count). The molecule has 7 aromatic rings. The van der Waals surface area contributed by atoms with E-state index in [1.165, 1.54) is 6.08 Å². The largest absolute Gasteiger partial charge is 0.416 e. The van der Waals surface area contributed by atoms with Crippen molar-refractivity contribution < 1.29 is 35.9 Å². The second kappa shape index (κ2) is 15.3. The predicted octanol–water partition coefficient (Wildman–Crippen LogP) is 14.5. The van der Waals surface area contributed by atoms with Gasteiger partial charge < -0.3 is 0 Å². The standard InChI is InChI=1S/C52H40F6N4O2/c1-27(2)36-14-11-15-37(28(3)4)46(36)62-44(19-18-38-47(63)40-24-31-12-7-8-13-32(31)25-41(40)48(38)64)61(49-50(62)60-43-17-10-9-16-42(43)59-49)45-30(6)20-29(5)21-39(45)33-22-34(51(53,54)55)26-35(23-33)52(56,57)58/h7-28H,1-6H3/b44-19-. The number of ketones is 2. The molecular formula is C52H40F6N4O2. The van der Waals surface area contributed by atoms with Crippen LogP contribution in [0.4, 0.5) is 49.4 Å². The van der Waals surface area contributed by atoms with Gasteiger partial charge >= 0.3 is 12.4 Å². The number of Topliss-reactive ketones (excluding diaryl/α,β-unsaturated/α-hetero) is 2. The van der Waals surface area contributed by atoms with Gasteiger partial charge in [-0.25, -0.2) is 9.97 Å². The van der Waals surface area contributed by atoms with Crippen LogP contribution in [-0.4, -0.2) is 21.5 Å². The summed E-state index contributed by atoms with van der Waals surface area (Å²) in [5.74, 6) is -0.245. The molecule has 0 spiro atoms. The minimum atomic E-state index is -5.11. The molecule has 64 heavy (non-hydrogen) atoms. The SMILES string of the molecule is Cc1cc(C)c(N2/C(=C/C=C3C(=O)c4cc5ccccc5cc4C3=O)N(c3c(C(C)C)cccc3C(C)C)c3nc4ccccc4nc32)c(-c2cc(C(F)(F)F)cc(C(F)(F)F)c2)c1. The lowest BCUT2D eigenvalue weighted by Gasteiger charge is -2.31. The number of carbonyl (C=O) groups excluding carboxylic acids is 2. The Morgan fingerprint density at radius 1 is 0.547 bits per heavy atom. The molecule has 0 radical (unpaired) electrons. The van der Waals surface area contributed by atoms with E-state index in [1.807, 2.05) is 81.1 Å². The second-order valence-corrected chi connectivity index (χ2v) is 16.9. The average Bonchev–Trinajstić information content (AvgIpc) is 3.67. The first kappa shape index (κ1) is 42.2. The summed E-state index contributed by atoms with van der Waals surface area (Å²) in [5.41, 5.74) is 2.04. The van der Waals surface area contributed by atoms with Crippen LogP contribution in [0.15, 0.2) is 133 Å². The fourth-order valence-corrected chi connectivity index (χ4v) is 8.86. The summed E-state index contributed by atoms with van der Waals surface area (Å²) < 4.78 is 86.9. The van der Waals surface area contributed by atoms with Gasteiger partial charge in [0, 0.05) is 16.7 Å². The zero-order valence-electron chi connectivity index (χ0n) is 35.6. The number of alkyl halides is 6. The number of hydrogen-bond donors (Lipinski definition) is 0. The maximum Gasteiger partial charge on any atom is 0.416 e. The number of aryl methyl sites for hydroxylation is 2. The molecule has 0 saturated carbocycles. The van der Waals surface area contributed by atoms with E-state index in [2.05, 4.69) is 0 Å². The Kier molecular flexibility index (Phi) is 10.1. The van der Waals surface area contributed by atoms with Crippen LogP contribution in [-0.2, 0) is 12.4 Å². The molecule has 1 aliphatic heterocycles. The van der Waals surface area contributed by atoms with Crippen LogP contribution >= 0.6 is 0 Å². The molecule has 0 fully saturated rings. The smallest absolute Gasteiger partial charge is 0.288 e. The number of carbonyl (C=O) groups is 2. The summed E-state index contributed by atoms with van der Waals surface area (Å²) in [6.45, 7) is 11.6. The number of fused-ring (bicyclic) bond motifs is 4. The van der Waals surface area contributed by atoms with Crippen molar-refractivity contribution >= 4 is 56.4 Å². The van der Waals surface area contributed by atoms with Gasteiger partial charge in [-0.1, -0.05) is 93.9 Å². The topological polar surface area (TPSA) is 66.4 Å². The molecule has 0 amide bonds. The van der Waals surface area contributed by atoms with E-state index in [9.17, 15) is 35.9 Å². The van der Waals surface area contributed by atoms with Crippen molar-refractivity contribution in [3.8, 4) is 11.1 Å². The van der Waals surface area contributed by atoms with Gasteiger partial charge in [0.25, 0.3) is 0 Å². The van der Waals surface area contributed by atoms with E-state index in [4.69, 9.17) is 9.97 Å². The van der Waals surface area contributed by atoms with Crippen LogP contribution in [0, 0.1) is 13.8 Å². The third-order valence-electron chi connectivity index (χ3n) is 11.8. The molecule has 0 atom stereocenters. The normalized spacial score (nSPS) is 14.8. The van der Waals surface area contributed by atoms with Gasteiger partial charge in [0.1, 0.15) is 5.82 Å². The molecule has 1 aromatic heterocycles. The Morgan fingerprint density at radius 2 is 1.03 bits per heavy atom. The Morgan fingerprint density at radius 3 is 1.52 bits per heavy atom. The number of allylic oxidation sites excluding steroid dienone is 3. The minimum absolute atomic E-state index is 0.0524. The van der Waals surface area contributed by atoms with Gasteiger partial charge in [0.2, 0.25) is 0 Å². The van der Waals surface area contributed by atoms with Crippen molar-refractivity contribution in [2.45, 2.75) is 65.7 Å². The van der Waals surface area contributed by atoms with Gasteiger partial charge in [-0.15, -0.1) is 0 Å². The first-order chi connectivity index (χ1) is 30.3. The lowest BCUT2D eigenvalue weighted by atomic mass is 9.92. The Balaban J connectivity index is 1.39. The summed E-state index contributed by atoms with van der Waals surface area (Å²) >= 11 is 0. The number of halogens is 6. The van der Waals surface area contributed by atoms with E-state index in [-0.39, 0.29) is 63.1 Å². The van der Waals surface area contributed by atoms with Crippen molar-refractivity contribution in [2.24, 2.45) is 0 Å². The molecule has 2 heterocycles. The summed E-state index contributed by atoms with van der Waals surface area (Å²) in [7, 11) is 0. The third kappa shape index (κ3) is 7.10. The summed E-state index contributed by atoms with van der Waals surface area (Å²) in [4.78, 5) is 42.3. The molecular weight excluding hydrogens is 827 g/mol. The lowest BCUT2D eigenvalue weighted by Crippen LogP contribution is -2.25. The van der Waals surface area contributed by atoms with Crippen molar-refractivity contribution in [3.63, 3.8) is 0 Å². The second-order valence-electron chi connectivity index (χ2n) is 16.9. The van der Waals surface area contributed by atoms with Crippen molar-refractivity contribution in [3.05, 3.63) is 177 Å². The highest BCUT2D eigenvalue weighted by molar-refractivity contribution is 6.40. The Bertz CT molecular complexity index is 3070. The minimum Gasteiger partial charge on any atom is -0.288 e. The number of hydrogen-bond acceptors (Lipinski definition) is 6. The molecule has 0 saturated heterocycles. The number of para-hydroxylation sites is 3. The van der Waals surface area contributed by atoms with E-state index >= 15 is 0 Å². The van der Waals surface area contributed by atoms with E-state index in [0.29, 0.717) is 28.0 Å². The van der Waals surface area contributed by atoms with Crippen LogP contribution in [0.1, 0.15) is 93.6 Å². The summed E-state index contributed by atoms with van der Waals surface area (Å²) in [6, 6.07) is 28.8. The van der Waals surface area contributed by atoms with Gasteiger partial charge in [0.15, 0.2) is 23.2 Å².